The Morgan fingerprint density at radius 3 is 2.44 bits per heavy atom. The third-order valence-corrected chi connectivity index (χ3v) is 4.32. The number of nitrogens with one attached hydrogen (secondary N) is 2. The number of carbonyl (C=O) groups excluding carboxylic acids is 2. The van der Waals surface area contributed by atoms with Crippen LogP contribution in [0.25, 0.3) is 5.69 Å². The SMILES string of the molecule is CCCC(C)CC(=O)NNC(=O)c1cc(C)n(-c2ccccc2)c1C. The molecule has 2 aromatic rings. The summed E-state index contributed by atoms with van der Waals surface area (Å²) < 4.78 is 2.03. The Bertz CT molecular complexity index is 735. The van der Waals surface area contributed by atoms with Crippen molar-refractivity contribution in [2.45, 2.75) is 47.0 Å². The largest absolute Gasteiger partial charge is 0.318 e. The van der Waals surface area contributed by atoms with Crippen LogP contribution < -0.4 is 10.9 Å². The van der Waals surface area contributed by atoms with E-state index in [0.29, 0.717) is 17.9 Å². The van der Waals surface area contributed by atoms with Crippen molar-refractivity contribution in [1.82, 2.24) is 15.4 Å². The third kappa shape index (κ3) is 4.72. The first kappa shape index (κ1) is 18.8. The normalized spacial score (nSPS) is 11.8. The molecule has 1 unspecified atom stereocenters. The predicted octanol–water partition coefficient (Wildman–Crippen LogP) is 3.68. The fourth-order valence-corrected chi connectivity index (χ4v) is 3.12. The highest BCUT2D eigenvalue weighted by Gasteiger charge is 2.17. The van der Waals surface area contributed by atoms with Crippen molar-refractivity contribution < 1.29 is 9.59 Å². The second-order valence-electron chi connectivity index (χ2n) is 6.56. The maximum atomic E-state index is 12.4. The molecule has 0 bridgehead atoms. The Morgan fingerprint density at radius 1 is 1.12 bits per heavy atom. The van der Waals surface area contributed by atoms with Gasteiger partial charge >= 0.3 is 0 Å². The quantitative estimate of drug-likeness (QED) is 0.787. The molecule has 1 heterocycles. The van der Waals surface area contributed by atoms with Crippen LogP contribution in [0.15, 0.2) is 36.4 Å². The minimum Gasteiger partial charge on any atom is -0.318 e. The molecule has 25 heavy (non-hydrogen) atoms. The zero-order valence-electron chi connectivity index (χ0n) is 15.4. The Labute approximate surface area is 149 Å². The van der Waals surface area contributed by atoms with Gasteiger partial charge in [-0.3, -0.25) is 20.4 Å². The number of para-hydroxylation sites is 1. The summed E-state index contributed by atoms with van der Waals surface area (Å²) in [4.78, 5) is 24.4. The number of aromatic nitrogens is 1. The van der Waals surface area contributed by atoms with E-state index < -0.39 is 0 Å². The number of hydrogen-bond acceptors (Lipinski definition) is 2. The van der Waals surface area contributed by atoms with Crippen LogP contribution in [0.5, 0.6) is 0 Å². The molecule has 0 aliphatic heterocycles. The second-order valence-corrected chi connectivity index (χ2v) is 6.56. The number of benzene rings is 1. The summed E-state index contributed by atoms with van der Waals surface area (Å²) in [6.45, 7) is 8.00. The fraction of sp³-hybridized carbons (Fsp3) is 0.400. The van der Waals surface area contributed by atoms with Crippen LogP contribution in [-0.4, -0.2) is 16.4 Å². The topological polar surface area (TPSA) is 63.1 Å². The zero-order valence-corrected chi connectivity index (χ0v) is 15.4. The lowest BCUT2D eigenvalue weighted by atomic mass is 10.0. The van der Waals surface area contributed by atoms with Gasteiger partial charge in [0.2, 0.25) is 5.91 Å². The Morgan fingerprint density at radius 2 is 1.80 bits per heavy atom. The van der Waals surface area contributed by atoms with Crippen LogP contribution in [0.2, 0.25) is 0 Å². The number of hydrazine groups is 1. The van der Waals surface area contributed by atoms with E-state index in [0.717, 1.165) is 29.9 Å². The van der Waals surface area contributed by atoms with E-state index in [9.17, 15) is 9.59 Å². The first-order chi connectivity index (χ1) is 11.9. The van der Waals surface area contributed by atoms with Crippen molar-refractivity contribution in [3.05, 3.63) is 53.3 Å². The molecule has 1 aromatic heterocycles. The number of hydrogen-bond donors (Lipinski definition) is 2. The summed E-state index contributed by atoms with van der Waals surface area (Å²) in [5.74, 6) is -0.150. The van der Waals surface area contributed by atoms with Gasteiger partial charge in [-0.2, -0.15) is 0 Å². The molecule has 2 rings (SSSR count). The predicted molar refractivity (Wildman–Crippen MR) is 99.5 cm³/mol. The van der Waals surface area contributed by atoms with Crippen molar-refractivity contribution >= 4 is 11.8 Å². The highest BCUT2D eigenvalue weighted by molar-refractivity contribution is 5.97. The number of rotatable bonds is 6. The highest BCUT2D eigenvalue weighted by Crippen LogP contribution is 2.20. The Kier molecular flexibility index (Phi) is 6.39. The first-order valence-electron chi connectivity index (χ1n) is 8.77. The average Bonchev–Trinajstić information content (AvgIpc) is 2.88. The lowest BCUT2D eigenvalue weighted by molar-refractivity contribution is -0.122. The van der Waals surface area contributed by atoms with E-state index in [1.165, 1.54) is 0 Å². The molecule has 5 heteroatoms. The van der Waals surface area contributed by atoms with E-state index in [2.05, 4.69) is 17.8 Å². The molecular weight excluding hydrogens is 314 g/mol. The molecule has 0 aliphatic carbocycles. The summed E-state index contributed by atoms with van der Waals surface area (Å²) in [6, 6.07) is 11.7. The van der Waals surface area contributed by atoms with Gasteiger partial charge in [-0.25, -0.2) is 0 Å². The molecule has 2 N–H and O–H groups in total. The van der Waals surface area contributed by atoms with Crippen LogP contribution in [0.3, 0.4) is 0 Å². The third-order valence-electron chi connectivity index (χ3n) is 4.32. The van der Waals surface area contributed by atoms with Crippen LogP contribution in [0.1, 0.15) is 54.9 Å². The van der Waals surface area contributed by atoms with Crippen molar-refractivity contribution in [3.63, 3.8) is 0 Å². The molecule has 1 atom stereocenters. The van der Waals surface area contributed by atoms with Gasteiger partial charge in [-0.1, -0.05) is 44.9 Å². The lowest BCUT2D eigenvalue weighted by Crippen LogP contribution is -2.42. The molecule has 0 saturated heterocycles. The van der Waals surface area contributed by atoms with E-state index in [1.807, 2.05) is 61.7 Å². The van der Waals surface area contributed by atoms with E-state index in [4.69, 9.17) is 0 Å². The fourth-order valence-electron chi connectivity index (χ4n) is 3.12. The average molecular weight is 341 g/mol. The van der Waals surface area contributed by atoms with Gasteiger partial charge < -0.3 is 4.57 Å². The maximum Gasteiger partial charge on any atom is 0.271 e. The van der Waals surface area contributed by atoms with Crippen LogP contribution >= 0.6 is 0 Å². The standard InChI is InChI=1S/C20H27N3O2/c1-5-9-14(2)12-19(24)21-22-20(25)18-13-15(3)23(16(18)4)17-10-7-6-8-11-17/h6-8,10-11,13-14H,5,9,12H2,1-4H3,(H,21,24)(H,22,25). The smallest absolute Gasteiger partial charge is 0.271 e. The number of carbonyl (C=O) groups is 2. The first-order valence-corrected chi connectivity index (χ1v) is 8.77. The molecule has 1 aromatic carbocycles. The van der Waals surface area contributed by atoms with E-state index in [-0.39, 0.29) is 11.8 Å². The number of amides is 2. The molecule has 0 radical (unpaired) electrons. The van der Waals surface area contributed by atoms with Crippen LogP contribution in [0, 0.1) is 19.8 Å². The summed E-state index contributed by atoms with van der Waals surface area (Å²) in [7, 11) is 0. The Hall–Kier alpha value is -2.56. The molecule has 0 aliphatic rings. The van der Waals surface area contributed by atoms with Crippen molar-refractivity contribution in [1.29, 1.82) is 0 Å². The van der Waals surface area contributed by atoms with Crippen molar-refractivity contribution in [3.8, 4) is 5.69 Å². The molecule has 0 saturated carbocycles. The minimum absolute atomic E-state index is 0.161. The second kappa shape index (κ2) is 8.51. The van der Waals surface area contributed by atoms with Gasteiger partial charge in [-0.15, -0.1) is 0 Å². The molecule has 134 valence electrons. The number of aryl methyl sites for hydroxylation is 1. The summed E-state index contributed by atoms with van der Waals surface area (Å²) in [6.07, 6.45) is 2.46. The highest BCUT2D eigenvalue weighted by atomic mass is 16.2. The summed E-state index contributed by atoms with van der Waals surface area (Å²) in [5.41, 5.74) is 8.42. The van der Waals surface area contributed by atoms with Crippen molar-refractivity contribution in [2.24, 2.45) is 5.92 Å². The zero-order chi connectivity index (χ0) is 18.4. The lowest BCUT2D eigenvalue weighted by Gasteiger charge is -2.12. The minimum atomic E-state index is -0.299. The molecule has 0 fully saturated rings. The van der Waals surface area contributed by atoms with Gasteiger partial charge in [0.25, 0.3) is 5.91 Å². The maximum absolute atomic E-state index is 12.4. The monoisotopic (exact) mass is 341 g/mol. The van der Waals surface area contributed by atoms with Gasteiger partial charge in [0, 0.05) is 23.5 Å². The molecule has 2 amide bonds. The number of nitrogens with zero attached hydrogens (tertiary/aromatic N) is 1. The van der Waals surface area contributed by atoms with Crippen molar-refractivity contribution in [2.75, 3.05) is 0 Å². The molecule has 0 spiro atoms. The van der Waals surface area contributed by atoms with E-state index >= 15 is 0 Å². The van der Waals surface area contributed by atoms with Gasteiger partial charge in [-0.05, 0) is 38.0 Å². The van der Waals surface area contributed by atoms with Crippen LogP contribution in [-0.2, 0) is 4.79 Å². The summed E-state index contributed by atoms with van der Waals surface area (Å²) >= 11 is 0. The summed E-state index contributed by atoms with van der Waals surface area (Å²) in [5, 5.41) is 0. The van der Waals surface area contributed by atoms with E-state index in [1.54, 1.807) is 0 Å². The van der Waals surface area contributed by atoms with Crippen LogP contribution in [0.4, 0.5) is 0 Å². The van der Waals surface area contributed by atoms with Gasteiger partial charge in [0.05, 0.1) is 5.56 Å². The van der Waals surface area contributed by atoms with Gasteiger partial charge in [0.15, 0.2) is 0 Å². The Balaban J connectivity index is 2.05. The molecular formula is C20H27N3O2. The molecule has 5 nitrogen and oxygen atoms in total. The van der Waals surface area contributed by atoms with Gasteiger partial charge in [0.1, 0.15) is 0 Å².